The third-order valence-electron chi connectivity index (χ3n) is 1.35. The summed E-state index contributed by atoms with van der Waals surface area (Å²) in [6.07, 6.45) is -1.42. The Labute approximate surface area is 109 Å². The van der Waals surface area contributed by atoms with E-state index >= 15 is 0 Å². The molecule has 0 aromatic carbocycles. The summed E-state index contributed by atoms with van der Waals surface area (Å²) in [5.41, 5.74) is -4.36. The van der Waals surface area contributed by atoms with Crippen LogP contribution in [0.2, 0.25) is 0 Å². The second-order valence-electron chi connectivity index (χ2n) is 2.52. The maximum atomic E-state index is 10.2. The molecular formula is C4H10NaO8S2+. The molecule has 11 heteroatoms. The quantitative estimate of drug-likeness (QED) is 0.288. The van der Waals surface area contributed by atoms with Crippen molar-refractivity contribution in [3.05, 3.63) is 0 Å². The zero-order chi connectivity index (χ0) is 11.6. The summed E-state index contributed by atoms with van der Waals surface area (Å²) in [5, 5.41) is 17.3. The predicted octanol–water partition coefficient (Wildman–Crippen LogP) is -4.82. The average Bonchev–Trinajstić information content (AvgIpc) is 1.95. The molecule has 0 saturated heterocycles. The smallest absolute Gasteiger partial charge is 0.375 e. The standard InChI is InChI=1S/C4H10O8S2.Na/c5-3(13(7,8)9)1-2-4(6)14(10,11)12;/h3-6H,1-2H2,(H,7,8,9)(H,10,11,12);/q;+1. The third kappa shape index (κ3) is 7.60. The topological polar surface area (TPSA) is 149 Å². The molecule has 4 N–H and O–H groups in total. The van der Waals surface area contributed by atoms with Gasteiger partial charge in [0.2, 0.25) is 0 Å². The van der Waals surface area contributed by atoms with Crippen LogP contribution in [0.3, 0.4) is 0 Å². The summed E-state index contributed by atoms with van der Waals surface area (Å²) in [4.78, 5) is 0. The van der Waals surface area contributed by atoms with Crippen LogP contribution < -0.4 is 29.6 Å². The number of hydrogen-bond acceptors (Lipinski definition) is 6. The van der Waals surface area contributed by atoms with Crippen molar-refractivity contribution in [1.29, 1.82) is 0 Å². The number of rotatable bonds is 5. The van der Waals surface area contributed by atoms with Gasteiger partial charge in [0, 0.05) is 0 Å². The fourth-order valence-electron chi connectivity index (χ4n) is 0.583. The van der Waals surface area contributed by atoms with Crippen molar-refractivity contribution in [2.45, 2.75) is 23.7 Å². The van der Waals surface area contributed by atoms with Crippen LogP contribution in [0.1, 0.15) is 12.8 Å². The zero-order valence-corrected chi connectivity index (χ0v) is 11.4. The third-order valence-corrected chi connectivity index (χ3v) is 3.19. The predicted molar refractivity (Wildman–Crippen MR) is 44.3 cm³/mol. The first-order valence-corrected chi connectivity index (χ1v) is 6.34. The molecule has 0 aliphatic carbocycles. The van der Waals surface area contributed by atoms with Gasteiger partial charge in [-0.3, -0.25) is 9.11 Å². The zero-order valence-electron chi connectivity index (χ0n) is 7.81. The molecule has 0 radical (unpaired) electrons. The van der Waals surface area contributed by atoms with E-state index < -0.39 is 43.9 Å². The molecule has 0 fully saturated rings. The van der Waals surface area contributed by atoms with Gasteiger partial charge in [0.15, 0.2) is 10.9 Å². The normalized spacial score (nSPS) is 16.5. The molecule has 0 bridgehead atoms. The Morgan fingerprint density at radius 2 is 1.00 bits per heavy atom. The van der Waals surface area contributed by atoms with Crippen LogP contribution in [0, 0.1) is 0 Å². The van der Waals surface area contributed by atoms with E-state index in [-0.39, 0.29) is 29.6 Å². The van der Waals surface area contributed by atoms with Crippen LogP contribution in [0.25, 0.3) is 0 Å². The molecule has 86 valence electrons. The Balaban J connectivity index is 0. The van der Waals surface area contributed by atoms with Crippen molar-refractivity contribution in [3.63, 3.8) is 0 Å². The maximum absolute atomic E-state index is 10.2. The minimum Gasteiger partial charge on any atom is -0.375 e. The molecule has 0 heterocycles. The molecular weight excluding hydrogens is 263 g/mol. The van der Waals surface area contributed by atoms with Gasteiger partial charge in [0.05, 0.1) is 0 Å². The fraction of sp³-hybridized carbons (Fsp3) is 1.00. The van der Waals surface area contributed by atoms with E-state index in [4.69, 9.17) is 19.3 Å². The van der Waals surface area contributed by atoms with E-state index in [2.05, 4.69) is 0 Å². The molecule has 0 spiro atoms. The summed E-state index contributed by atoms with van der Waals surface area (Å²) < 4.78 is 57.3. The van der Waals surface area contributed by atoms with Crippen LogP contribution in [-0.4, -0.2) is 47.0 Å². The minimum absolute atomic E-state index is 0. The Kier molecular flexibility index (Phi) is 7.81. The van der Waals surface area contributed by atoms with Crippen molar-refractivity contribution in [2.75, 3.05) is 0 Å². The van der Waals surface area contributed by atoms with E-state index in [1.165, 1.54) is 0 Å². The van der Waals surface area contributed by atoms with Crippen LogP contribution in [-0.2, 0) is 20.2 Å². The maximum Gasteiger partial charge on any atom is 1.00 e. The van der Waals surface area contributed by atoms with Gasteiger partial charge in [0.25, 0.3) is 20.2 Å². The molecule has 0 saturated carbocycles. The van der Waals surface area contributed by atoms with Gasteiger partial charge in [-0.25, -0.2) is 0 Å². The summed E-state index contributed by atoms with van der Waals surface area (Å²) in [5.74, 6) is 0. The van der Waals surface area contributed by atoms with E-state index in [0.717, 1.165) is 0 Å². The summed E-state index contributed by atoms with van der Waals surface area (Å²) >= 11 is 0. The number of aliphatic hydroxyl groups is 2. The molecule has 8 nitrogen and oxygen atoms in total. The number of hydrogen-bond donors (Lipinski definition) is 4. The Bertz CT molecular complexity index is 333. The summed E-state index contributed by atoms with van der Waals surface area (Å²) in [7, 11) is -9.35. The number of aliphatic hydroxyl groups excluding tert-OH is 2. The Morgan fingerprint density at radius 1 is 0.800 bits per heavy atom. The van der Waals surface area contributed by atoms with Crippen molar-refractivity contribution in [1.82, 2.24) is 0 Å². The first kappa shape index (κ1) is 18.1. The van der Waals surface area contributed by atoms with E-state index in [9.17, 15) is 16.8 Å². The van der Waals surface area contributed by atoms with Gasteiger partial charge in [-0.1, -0.05) is 0 Å². The van der Waals surface area contributed by atoms with Crippen LogP contribution in [0.4, 0.5) is 0 Å². The largest absolute Gasteiger partial charge is 1.00 e. The van der Waals surface area contributed by atoms with Gasteiger partial charge in [-0.05, 0) is 12.8 Å². The SMILES string of the molecule is O=S(=O)(O)C(O)CCC(O)S(=O)(=O)O.[Na+]. The van der Waals surface area contributed by atoms with Gasteiger partial charge < -0.3 is 10.2 Å². The van der Waals surface area contributed by atoms with Crippen molar-refractivity contribution < 1.29 is 65.7 Å². The minimum atomic E-state index is -4.68. The van der Waals surface area contributed by atoms with Crippen molar-refractivity contribution >= 4 is 20.2 Å². The van der Waals surface area contributed by atoms with Gasteiger partial charge in [-0.15, -0.1) is 0 Å². The monoisotopic (exact) mass is 273 g/mol. The first-order valence-electron chi connectivity index (χ1n) is 3.34. The Hall–Kier alpha value is 0.740. The van der Waals surface area contributed by atoms with Crippen molar-refractivity contribution in [2.24, 2.45) is 0 Å². The average molecular weight is 273 g/mol. The van der Waals surface area contributed by atoms with Crippen LogP contribution in [0.5, 0.6) is 0 Å². The molecule has 0 aromatic heterocycles. The molecule has 0 amide bonds. The molecule has 0 aromatic rings. The molecule has 0 rings (SSSR count). The molecule has 15 heavy (non-hydrogen) atoms. The second-order valence-corrected chi connectivity index (χ2v) is 5.66. The molecule has 0 aliphatic heterocycles. The van der Waals surface area contributed by atoms with Gasteiger partial charge in [-0.2, -0.15) is 16.8 Å². The molecule has 2 atom stereocenters. The van der Waals surface area contributed by atoms with E-state index in [1.54, 1.807) is 0 Å². The van der Waals surface area contributed by atoms with E-state index in [1.807, 2.05) is 0 Å². The van der Waals surface area contributed by atoms with Gasteiger partial charge in [0.1, 0.15) is 0 Å². The molecule has 0 aliphatic rings. The van der Waals surface area contributed by atoms with Crippen LogP contribution in [0.15, 0.2) is 0 Å². The molecule has 2 unspecified atom stereocenters. The van der Waals surface area contributed by atoms with Gasteiger partial charge >= 0.3 is 29.6 Å². The Morgan fingerprint density at radius 3 is 1.13 bits per heavy atom. The van der Waals surface area contributed by atoms with Crippen molar-refractivity contribution in [3.8, 4) is 0 Å². The van der Waals surface area contributed by atoms with Crippen LogP contribution >= 0.6 is 0 Å². The summed E-state index contributed by atoms with van der Waals surface area (Å²) in [6, 6.07) is 0. The summed E-state index contributed by atoms with van der Waals surface area (Å²) in [6.45, 7) is 0. The van der Waals surface area contributed by atoms with E-state index in [0.29, 0.717) is 0 Å². The first-order chi connectivity index (χ1) is 6.05. The second kappa shape index (κ2) is 6.47. The fourth-order valence-corrected chi connectivity index (χ4v) is 1.45.